The summed E-state index contributed by atoms with van der Waals surface area (Å²) in [7, 11) is -3.70. The highest BCUT2D eigenvalue weighted by molar-refractivity contribution is 7.86. The zero-order chi connectivity index (χ0) is 24.4. The highest BCUT2D eigenvalue weighted by atomic mass is 32.2. The number of aryl methyl sites for hydroxylation is 2. The van der Waals surface area contributed by atoms with E-state index in [9.17, 15) is 13.2 Å². The van der Waals surface area contributed by atoms with Crippen molar-refractivity contribution < 1.29 is 26.9 Å². The van der Waals surface area contributed by atoms with Gasteiger partial charge < -0.3 is 9.47 Å². The number of benzene rings is 3. The molecule has 0 heterocycles. The number of carbonyl (C=O) groups is 1. The lowest BCUT2D eigenvalue weighted by Crippen LogP contribution is -2.08. The summed E-state index contributed by atoms with van der Waals surface area (Å²) < 4.78 is 40.5. The summed E-state index contributed by atoms with van der Waals surface area (Å²) >= 11 is 0. The van der Waals surface area contributed by atoms with Gasteiger partial charge in [0, 0.05) is 0 Å². The molecule has 3 aromatic carbocycles. The van der Waals surface area contributed by atoms with Crippen molar-refractivity contribution in [2.45, 2.75) is 44.4 Å². The van der Waals surface area contributed by atoms with E-state index in [0.717, 1.165) is 30.4 Å². The van der Waals surface area contributed by atoms with Crippen molar-refractivity contribution in [1.29, 1.82) is 0 Å². The van der Waals surface area contributed by atoms with Crippen LogP contribution in [0.5, 0.6) is 11.5 Å². The molecule has 34 heavy (non-hydrogen) atoms. The Balaban J connectivity index is 1.30. The van der Waals surface area contributed by atoms with E-state index in [2.05, 4.69) is 0 Å². The normalized spacial score (nSPS) is 11.2. The van der Waals surface area contributed by atoms with Crippen LogP contribution in [0.2, 0.25) is 0 Å². The van der Waals surface area contributed by atoms with Crippen LogP contribution in [0.4, 0.5) is 0 Å². The van der Waals surface area contributed by atoms with Gasteiger partial charge in [-0.2, -0.15) is 8.42 Å². The van der Waals surface area contributed by atoms with E-state index >= 15 is 0 Å². The molecular weight excluding hydrogens is 452 g/mol. The molecule has 3 aromatic rings. The maximum atomic E-state index is 12.3. The molecule has 0 bridgehead atoms. The first-order chi connectivity index (χ1) is 16.3. The van der Waals surface area contributed by atoms with Gasteiger partial charge >= 0.3 is 5.97 Å². The third-order valence-corrected chi connectivity index (χ3v) is 6.47. The quantitative estimate of drug-likeness (QED) is 0.139. The van der Waals surface area contributed by atoms with Crippen LogP contribution in [0.1, 0.15) is 47.2 Å². The molecule has 0 fully saturated rings. The molecule has 180 valence electrons. The molecule has 0 aliphatic rings. The van der Waals surface area contributed by atoms with Gasteiger partial charge in [0.15, 0.2) is 0 Å². The summed E-state index contributed by atoms with van der Waals surface area (Å²) in [5, 5.41) is 0. The number of unbranched alkanes of at least 4 members (excludes halogenated alkanes) is 3. The minimum absolute atomic E-state index is 0.164. The second-order valence-corrected chi connectivity index (χ2v) is 9.70. The van der Waals surface area contributed by atoms with Crippen molar-refractivity contribution in [3.8, 4) is 11.5 Å². The van der Waals surface area contributed by atoms with Crippen LogP contribution in [0, 0.1) is 13.8 Å². The van der Waals surface area contributed by atoms with Gasteiger partial charge in [0.1, 0.15) is 11.5 Å². The van der Waals surface area contributed by atoms with Gasteiger partial charge in [-0.25, -0.2) is 4.79 Å². The number of rotatable bonds is 12. The number of hydrogen-bond acceptors (Lipinski definition) is 6. The van der Waals surface area contributed by atoms with E-state index in [1.807, 2.05) is 32.0 Å². The highest BCUT2D eigenvalue weighted by Crippen LogP contribution is 2.18. The molecule has 0 radical (unpaired) electrons. The number of carbonyl (C=O) groups excluding carboxylic acids is 1. The van der Waals surface area contributed by atoms with E-state index in [-0.39, 0.29) is 11.5 Å². The van der Waals surface area contributed by atoms with Crippen LogP contribution < -0.4 is 9.47 Å². The van der Waals surface area contributed by atoms with Gasteiger partial charge in [-0.15, -0.1) is 0 Å². The maximum absolute atomic E-state index is 12.3. The molecule has 0 aromatic heterocycles. The first kappa shape index (κ1) is 25.5. The van der Waals surface area contributed by atoms with Crippen LogP contribution in [0.3, 0.4) is 0 Å². The number of ether oxygens (including phenoxy) is 2. The summed E-state index contributed by atoms with van der Waals surface area (Å²) in [6.07, 6.45) is 3.23. The Bertz CT molecular complexity index is 1170. The molecular formula is C27H30O6S. The molecule has 0 atom stereocenters. The van der Waals surface area contributed by atoms with Gasteiger partial charge in [-0.3, -0.25) is 4.18 Å². The predicted molar refractivity (Wildman–Crippen MR) is 131 cm³/mol. The molecule has 0 saturated carbocycles. The minimum atomic E-state index is -3.70. The van der Waals surface area contributed by atoms with Crippen LogP contribution in [-0.2, 0) is 14.3 Å². The Morgan fingerprint density at radius 2 is 1.41 bits per heavy atom. The first-order valence-electron chi connectivity index (χ1n) is 11.3. The number of esters is 1. The average Bonchev–Trinajstić information content (AvgIpc) is 2.81. The molecule has 0 amide bonds. The summed E-state index contributed by atoms with van der Waals surface area (Å²) in [4.78, 5) is 12.4. The van der Waals surface area contributed by atoms with E-state index in [1.54, 1.807) is 54.6 Å². The smallest absolute Gasteiger partial charge is 0.343 e. The molecule has 7 heteroatoms. The standard InChI is InChI=1S/C27H30O6S/c1-21-10-16-26(17-11-21)34(29,30)32-19-6-4-3-5-18-31-24-14-12-23(13-15-24)27(28)33-25-9-7-8-22(2)20-25/h7-17,20H,3-6,18-19H2,1-2H3. The van der Waals surface area contributed by atoms with Crippen molar-refractivity contribution in [3.63, 3.8) is 0 Å². The van der Waals surface area contributed by atoms with E-state index < -0.39 is 16.1 Å². The third-order valence-electron chi connectivity index (χ3n) is 5.15. The van der Waals surface area contributed by atoms with Crippen molar-refractivity contribution in [2.24, 2.45) is 0 Å². The van der Waals surface area contributed by atoms with Gasteiger partial charge in [0.2, 0.25) is 0 Å². The lowest BCUT2D eigenvalue weighted by atomic mass is 10.2. The molecule has 6 nitrogen and oxygen atoms in total. The molecule has 0 aliphatic heterocycles. The zero-order valence-corrected chi connectivity index (χ0v) is 20.3. The number of hydrogen-bond donors (Lipinski definition) is 0. The van der Waals surface area contributed by atoms with E-state index in [4.69, 9.17) is 13.7 Å². The Morgan fingerprint density at radius 3 is 2.09 bits per heavy atom. The SMILES string of the molecule is Cc1ccc(S(=O)(=O)OCCCCCCOc2ccc(C(=O)Oc3cccc(C)c3)cc2)cc1. The lowest BCUT2D eigenvalue weighted by molar-refractivity contribution is 0.0734. The van der Waals surface area contributed by atoms with Gasteiger partial charge in [0.05, 0.1) is 23.7 Å². The molecule has 0 saturated heterocycles. The first-order valence-corrected chi connectivity index (χ1v) is 12.7. The molecule has 3 rings (SSSR count). The van der Waals surface area contributed by atoms with Gasteiger partial charge in [-0.1, -0.05) is 36.2 Å². The summed E-state index contributed by atoms with van der Waals surface area (Å²) in [6, 6.07) is 20.8. The van der Waals surface area contributed by atoms with Crippen molar-refractivity contribution >= 4 is 16.1 Å². The fourth-order valence-corrected chi connectivity index (χ4v) is 4.16. The van der Waals surface area contributed by atoms with Crippen LogP contribution in [0.25, 0.3) is 0 Å². The van der Waals surface area contributed by atoms with Crippen molar-refractivity contribution in [2.75, 3.05) is 13.2 Å². The lowest BCUT2D eigenvalue weighted by Gasteiger charge is -2.08. The molecule has 0 N–H and O–H groups in total. The average molecular weight is 483 g/mol. The fraction of sp³-hybridized carbons (Fsp3) is 0.296. The summed E-state index contributed by atoms with van der Waals surface area (Å²) in [5.41, 5.74) is 2.47. The van der Waals surface area contributed by atoms with E-state index in [1.165, 1.54) is 0 Å². The third kappa shape index (κ3) is 8.01. The van der Waals surface area contributed by atoms with Crippen LogP contribution >= 0.6 is 0 Å². The Labute approximate surface area is 201 Å². The summed E-state index contributed by atoms with van der Waals surface area (Å²) in [5.74, 6) is 0.784. The molecule has 0 spiro atoms. The van der Waals surface area contributed by atoms with E-state index in [0.29, 0.717) is 30.1 Å². The van der Waals surface area contributed by atoms with Crippen LogP contribution in [0.15, 0.2) is 77.7 Å². The molecule has 0 aliphatic carbocycles. The van der Waals surface area contributed by atoms with Crippen molar-refractivity contribution in [3.05, 3.63) is 89.5 Å². The maximum Gasteiger partial charge on any atom is 0.343 e. The van der Waals surface area contributed by atoms with Crippen molar-refractivity contribution in [1.82, 2.24) is 0 Å². The van der Waals surface area contributed by atoms with Gasteiger partial charge in [-0.05, 0) is 87.2 Å². The highest BCUT2D eigenvalue weighted by Gasteiger charge is 2.14. The Kier molecular flexibility index (Phi) is 9.24. The summed E-state index contributed by atoms with van der Waals surface area (Å²) in [6.45, 7) is 4.54. The monoisotopic (exact) mass is 482 g/mol. The van der Waals surface area contributed by atoms with Gasteiger partial charge in [0.25, 0.3) is 10.1 Å². The second-order valence-electron chi connectivity index (χ2n) is 8.08. The Morgan fingerprint density at radius 1 is 0.735 bits per heavy atom. The molecule has 0 unspecified atom stereocenters. The largest absolute Gasteiger partial charge is 0.494 e. The topological polar surface area (TPSA) is 78.9 Å². The Hall–Kier alpha value is -3.16. The van der Waals surface area contributed by atoms with Crippen LogP contribution in [-0.4, -0.2) is 27.6 Å². The zero-order valence-electron chi connectivity index (χ0n) is 19.5. The fourth-order valence-electron chi connectivity index (χ4n) is 3.22. The minimum Gasteiger partial charge on any atom is -0.494 e. The second kappa shape index (κ2) is 12.3. The predicted octanol–water partition coefficient (Wildman–Crippen LogP) is 5.87.